The fourth-order valence-corrected chi connectivity index (χ4v) is 2.53. The first-order valence-electron chi connectivity index (χ1n) is 7.77. The number of aryl methyl sites for hydroxylation is 1. The van der Waals surface area contributed by atoms with Crippen LogP contribution < -0.4 is 14.8 Å². The minimum Gasteiger partial charge on any atom is -0.486 e. The van der Waals surface area contributed by atoms with Crippen LogP contribution in [0.25, 0.3) is 0 Å². The quantitative estimate of drug-likeness (QED) is 0.921. The maximum Gasteiger partial charge on any atom is 0.161 e. The lowest BCUT2D eigenvalue weighted by atomic mass is 10.1. The summed E-state index contributed by atoms with van der Waals surface area (Å²) in [5, 5.41) is 3.54. The number of ether oxygens (including phenoxy) is 2. The van der Waals surface area contributed by atoms with Crippen LogP contribution in [0.2, 0.25) is 0 Å². The number of benzene rings is 1. The van der Waals surface area contributed by atoms with Crippen LogP contribution in [-0.2, 0) is 6.42 Å². The van der Waals surface area contributed by atoms with E-state index in [1.165, 1.54) is 11.1 Å². The summed E-state index contributed by atoms with van der Waals surface area (Å²) < 4.78 is 11.2. The molecule has 1 atom stereocenters. The van der Waals surface area contributed by atoms with E-state index in [0.29, 0.717) is 13.2 Å². The van der Waals surface area contributed by atoms with Gasteiger partial charge in [-0.15, -0.1) is 0 Å². The van der Waals surface area contributed by atoms with Gasteiger partial charge >= 0.3 is 0 Å². The Hall–Kier alpha value is -2.07. The maximum absolute atomic E-state index is 5.64. The Labute approximate surface area is 131 Å². The highest BCUT2D eigenvalue weighted by atomic mass is 16.6. The molecule has 0 bridgehead atoms. The molecule has 2 aromatic rings. The molecule has 1 aliphatic rings. The fourth-order valence-electron chi connectivity index (χ4n) is 2.53. The van der Waals surface area contributed by atoms with Crippen molar-refractivity contribution in [3.8, 4) is 11.5 Å². The standard InChI is InChI=1S/C18H22N2O2/c1-13-3-4-15(12-20-13)7-8-19-14(2)16-5-6-17-18(11-16)22-10-9-21-17/h3-6,11-12,14,19H,7-10H2,1-2H3/t14-/m1/s1. The molecule has 4 nitrogen and oxygen atoms in total. The number of aromatic nitrogens is 1. The van der Waals surface area contributed by atoms with Gasteiger partial charge in [-0.3, -0.25) is 4.98 Å². The predicted molar refractivity (Wildman–Crippen MR) is 86.5 cm³/mol. The average Bonchev–Trinajstić information content (AvgIpc) is 2.56. The van der Waals surface area contributed by atoms with Crippen LogP contribution in [0.3, 0.4) is 0 Å². The molecular formula is C18H22N2O2. The third-order valence-electron chi connectivity index (χ3n) is 3.90. The molecule has 0 saturated carbocycles. The lowest BCUT2D eigenvalue weighted by molar-refractivity contribution is 0.171. The van der Waals surface area contributed by atoms with Crippen molar-refractivity contribution in [2.24, 2.45) is 0 Å². The van der Waals surface area contributed by atoms with Crippen molar-refractivity contribution in [3.63, 3.8) is 0 Å². The van der Waals surface area contributed by atoms with E-state index in [-0.39, 0.29) is 6.04 Å². The Morgan fingerprint density at radius 2 is 1.95 bits per heavy atom. The molecule has 4 heteroatoms. The Balaban J connectivity index is 1.55. The molecule has 22 heavy (non-hydrogen) atoms. The number of hydrogen-bond donors (Lipinski definition) is 1. The van der Waals surface area contributed by atoms with Gasteiger partial charge in [0.25, 0.3) is 0 Å². The zero-order valence-electron chi connectivity index (χ0n) is 13.1. The van der Waals surface area contributed by atoms with Gasteiger partial charge in [0.05, 0.1) is 0 Å². The van der Waals surface area contributed by atoms with Crippen LogP contribution in [0.1, 0.15) is 29.8 Å². The van der Waals surface area contributed by atoms with Crippen molar-refractivity contribution in [1.82, 2.24) is 10.3 Å². The summed E-state index contributed by atoms with van der Waals surface area (Å²) >= 11 is 0. The predicted octanol–water partition coefficient (Wildman–Crippen LogP) is 3.05. The molecule has 0 spiro atoms. The molecule has 1 aromatic heterocycles. The molecule has 0 unspecified atom stereocenters. The fraction of sp³-hybridized carbons (Fsp3) is 0.389. The summed E-state index contributed by atoms with van der Waals surface area (Å²) in [7, 11) is 0. The first kappa shape index (κ1) is 14.9. The van der Waals surface area contributed by atoms with E-state index in [1.807, 2.05) is 19.2 Å². The number of nitrogens with zero attached hydrogens (tertiary/aromatic N) is 1. The number of pyridine rings is 1. The average molecular weight is 298 g/mol. The largest absolute Gasteiger partial charge is 0.486 e. The minimum atomic E-state index is 0.272. The highest BCUT2D eigenvalue weighted by Crippen LogP contribution is 2.32. The minimum absolute atomic E-state index is 0.272. The summed E-state index contributed by atoms with van der Waals surface area (Å²) in [5.74, 6) is 1.69. The second kappa shape index (κ2) is 6.79. The van der Waals surface area contributed by atoms with Crippen LogP contribution in [-0.4, -0.2) is 24.7 Å². The van der Waals surface area contributed by atoms with Gasteiger partial charge in [0, 0.05) is 17.9 Å². The highest BCUT2D eigenvalue weighted by Gasteiger charge is 2.14. The molecule has 1 aliphatic heterocycles. The Bertz CT molecular complexity index is 625. The molecule has 0 aliphatic carbocycles. The lowest BCUT2D eigenvalue weighted by Crippen LogP contribution is -2.22. The van der Waals surface area contributed by atoms with E-state index in [4.69, 9.17) is 9.47 Å². The Morgan fingerprint density at radius 3 is 2.73 bits per heavy atom. The summed E-state index contributed by atoms with van der Waals surface area (Å²) in [6.45, 7) is 6.34. The molecule has 3 rings (SSSR count). The van der Waals surface area contributed by atoms with Gasteiger partial charge < -0.3 is 14.8 Å². The number of hydrogen-bond acceptors (Lipinski definition) is 4. The van der Waals surface area contributed by atoms with E-state index >= 15 is 0 Å². The summed E-state index contributed by atoms with van der Waals surface area (Å²) in [5.41, 5.74) is 3.53. The van der Waals surface area contributed by atoms with Crippen molar-refractivity contribution in [3.05, 3.63) is 53.3 Å². The van der Waals surface area contributed by atoms with Crippen molar-refractivity contribution in [2.45, 2.75) is 26.3 Å². The zero-order valence-corrected chi connectivity index (χ0v) is 13.1. The third-order valence-corrected chi connectivity index (χ3v) is 3.90. The molecule has 0 radical (unpaired) electrons. The van der Waals surface area contributed by atoms with Gasteiger partial charge in [-0.05, 0) is 56.1 Å². The van der Waals surface area contributed by atoms with E-state index in [0.717, 1.165) is 30.2 Å². The summed E-state index contributed by atoms with van der Waals surface area (Å²) in [4.78, 5) is 4.33. The third kappa shape index (κ3) is 3.57. The van der Waals surface area contributed by atoms with Crippen LogP contribution in [0, 0.1) is 6.92 Å². The van der Waals surface area contributed by atoms with Gasteiger partial charge in [-0.1, -0.05) is 12.1 Å². The molecule has 0 amide bonds. The number of rotatable bonds is 5. The van der Waals surface area contributed by atoms with E-state index < -0.39 is 0 Å². The van der Waals surface area contributed by atoms with Crippen molar-refractivity contribution < 1.29 is 9.47 Å². The monoisotopic (exact) mass is 298 g/mol. The molecule has 2 heterocycles. The highest BCUT2D eigenvalue weighted by molar-refractivity contribution is 5.44. The van der Waals surface area contributed by atoms with E-state index in [1.54, 1.807) is 0 Å². The smallest absolute Gasteiger partial charge is 0.161 e. The normalized spacial score (nSPS) is 14.6. The van der Waals surface area contributed by atoms with Gasteiger partial charge in [0.1, 0.15) is 13.2 Å². The molecular weight excluding hydrogens is 276 g/mol. The summed E-state index contributed by atoms with van der Waals surface area (Å²) in [6.07, 6.45) is 2.92. The zero-order chi connectivity index (χ0) is 15.4. The second-order valence-electron chi connectivity index (χ2n) is 5.64. The van der Waals surface area contributed by atoms with Crippen LogP contribution >= 0.6 is 0 Å². The van der Waals surface area contributed by atoms with Gasteiger partial charge in [0.15, 0.2) is 11.5 Å². The summed E-state index contributed by atoms with van der Waals surface area (Å²) in [6, 6.07) is 10.6. The molecule has 1 N–H and O–H groups in total. The first-order valence-corrected chi connectivity index (χ1v) is 7.77. The van der Waals surface area contributed by atoms with Crippen LogP contribution in [0.5, 0.6) is 11.5 Å². The lowest BCUT2D eigenvalue weighted by Gasteiger charge is -2.21. The van der Waals surface area contributed by atoms with Gasteiger partial charge in [-0.2, -0.15) is 0 Å². The van der Waals surface area contributed by atoms with Crippen molar-refractivity contribution >= 4 is 0 Å². The van der Waals surface area contributed by atoms with Crippen LogP contribution in [0.4, 0.5) is 0 Å². The van der Waals surface area contributed by atoms with E-state index in [2.05, 4.69) is 41.5 Å². The molecule has 1 aromatic carbocycles. The Morgan fingerprint density at radius 1 is 1.14 bits per heavy atom. The first-order chi connectivity index (χ1) is 10.7. The van der Waals surface area contributed by atoms with Crippen molar-refractivity contribution in [2.75, 3.05) is 19.8 Å². The topological polar surface area (TPSA) is 43.4 Å². The Kier molecular flexibility index (Phi) is 4.59. The maximum atomic E-state index is 5.64. The van der Waals surface area contributed by atoms with E-state index in [9.17, 15) is 0 Å². The van der Waals surface area contributed by atoms with Gasteiger partial charge in [0.2, 0.25) is 0 Å². The molecule has 116 valence electrons. The second-order valence-corrected chi connectivity index (χ2v) is 5.64. The van der Waals surface area contributed by atoms with Gasteiger partial charge in [-0.25, -0.2) is 0 Å². The molecule has 0 saturated heterocycles. The number of nitrogens with one attached hydrogen (secondary N) is 1. The molecule has 0 fully saturated rings. The number of fused-ring (bicyclic) bond motifs is 1. The van der Waals surface area contributed by atoms with Crippen LogP contribution in [0.15, 0.2) is 36.5 Å². The SMILES string of the molecule is Cc1ccc(CCN[C@H](C)c2ccc3c(c2)OCCO3)cn1. The van der Waals surface area contributed by atoms with Crippen molar-refractivity contribution in [1.29, 1.82) is 0 Å².